The highest BCUT2D eigenvalue weighted by Crippen LogP contribution is 2.27. The molecule has 11 heteroatoms. The Balaban J connectivity index is 1.56. The molecule has 10 nitrogen and oxygen atoms in total. The van der Waals surface area contributed by atoms with Gasteiger partial charge in [0, 0.05) is 37.9 Å². The van der Waals surface area contributed by atoms with Crippen LogP contribution in [0.5, 0.6) is 0 Å². The average molecular weight is 487 g/mol. The Labute approximate surface area is 208 Å². The summed E-state index contributed by atoms with van der Waals surface area (Å²) in [4.78, 5) is 17.6. The predicted octanol–water partition coefficient (Wildman–Crippen LogP) is 3.31. The number of nitriles is 1. The number of nitrogens with one attached hydrogen (secondary N) is 2. The van der Waals surface area contributed by atoms with E-state index in [0.29, 0.717) is 23.2 Å². The summed E-state index contributed by atoms with van der Waals surface area (Å²) in [6, 6.07) is 13.0. The number of hydrogen-bond donors (Lipinski definition) is 3. The van der Waals surface area contributed by atoms with Gasteiger partial charge in [-0.3, -0.25) is 0 Å². The Morgan fingerprint density at radius 3 is 2.67 bits per heavy atom. The first-order chi connectivity index (χ1) is 17.4. The van der Waals surface area contributed by atoms with Crippen molar-refractivity contribution in [1.82, 2.24) is 25.2 Å². The highest BCUT2D eigenvalue weighted by atomic mass is 19.1. The number of halogens is 1. The third kappa shape index (κ3) is 5.29. The van der Waals surface area contributed by atoms with E-state index < -0.39 is 5.82 Å². The number of nitrogens with two attached hydrogens (primary N) is 1. The minimum atomic E-state index is -0.868. The number of pyridine rings is 1. The van der Waals surface area contributed by atoms with Gasteiger partial charge in [0.15, 0.2) is 17.5 Å². The van der Waals surface area contributed by atoms with Gasteiger partial charge in [-0.1, -0.05) is 18.2 Å². The molecule has 2 aromatic heterocycles. The average Bonchev–Trinajstić information content (AvgIpc) is 2.89. The van der Waals surface area contributed by atoms with Gasteiger partial charge < -0.3 is 20.9 Å². The van der Waals surface area contributed by atoms with Crippen LogP contribution in [0.4, 0.5) is 16.0 Å². The minimum absolute atomic E-state index is 0.0489. The van der Waals surface area contributed by atoms with Crippen LogP contribution in [-0.2, 0) is 6.54 Å². The van der Waals surface area contributed by atoms with Crippen molar-refractivity contribution in [2.24, 2.45) is 5.11 Å². The summed E-state index contributed by atoms with van der Waals surface area (Å²) in [5, 5.41) is 15.8. The minimum Gasteiger partial charge on any atom is -0.383 e. The fourth-order valence-electron chi connectivity index (χ4n) is 3.94. The van der Waals surface area contributed by atoms with Gasteiger partial charge in [0.2, 0.25) is 0 Å². The Kier molecular flexibility index (Phi) is 7.46. The molecule has 184 valence electrons. The topological polar surface area (TPSA) is 143 Å². The lowest BCUT2D eigenvalue weighted by molar-refractivity contribution is 0.312. The second kappa shape index (κ2) is 10.9. The fourth-order valence-corrected chi connectivity index (χ4v) is 3.94. The number of hydrogen-bond acceptors (Lipinski definition) is 10. The SMILES string of the molecule is Cc1c(C#N)cccc1-c1nc(N)c(F)c(/C(=C/NCc2cccc(N3CCN(C)CC3)n2)N=N)n1. The van der Waals surface area contributed by atoms with E-state index in [1.807, 2.05) is 18.2 Å². The Bertz CT molecular complexity index is 1340. The van der Waals surface area contributed by atoms with E-state index in [2.05, 4.69) is 43.3 Å². The fraction of sp³-hybridized carbons (Fsp3) is 0.280. The molecule has 0 spiro atoms. The molecule has 0 saturated carbocycles. The molecule has 0 unspecified atom stereocenters. The summed E-state index contributed by atoms with van der Waals surface area (Å²) < 4.78 is 14.9. The van der Waals surface area contributed by atoms with Crippen molar-refractivity contribution in [2.45, 2.75) is 13.5 Å². The summed E-state index contributed by atoms with van der Waals surface area (Å²) in [7, 11) is 2.11. The van der Waals surface area contributed by atoms with Gasteiger partial charge in [0.25, 0.3) is 0 Å². The van der Waals surface area contributed by atoms with Crippen LogP contribution in [0.25, 0.3) is 17.1 Å². The molecular weight excluding hydrogens is 459 g/mol. The Morgan fingerprint density at radius 2 is 1.94 bits per heavy atom. The molecule has 0 bridgehead atoms. The van der Waals surface area contributed by atoms with Crippen LogP contribution in [-0.4, -0.2) is 53.1 Å². The largest absolute Gasteiger partial charge is 0.383 e. The van der Waals surface area contributed by atoms with Crippen molar-refractivity contribution in [3.63, 3.8) is 0 Å². The molecule has 4 rings (SSSR count). The van der Waals surface area contributed by atoms with Crippen LogP contribution in [0.15, 0.2) is 47.7 Å². The van der Waals surface area contributed by atoms with Crippen molar-refractivity contribution in [1.29, 1.82) is 10.8 Å². The monoisotopic (exact) mass is 486 g/mol. The van der Waals surface area contributed by atoms with Crippen LogP contribution in [0, 0.1) is 29.6 Å². The maximum Gasteiger partial charge on any atom is 0.193 e. The first kappa shape index (κ1) is 24.7. The van der Waals surface area contributed by atoms with Gasteiger partial charge in [0.1, 0.15) is 17.2 Å². The lowest BCUT2D eigenvalue weighted by atomic mass is 10.0. The quantitative estimate of drug-likeness (QED) is 0.432. The molecule has 1 fully saturated rings. The number of likely N-dealkylation sites (N-methyl/N-ethyl adjacent to an activating group) is 1. The van der Waals surface area contributed by atoms with E-state index in [1.54, 1.807) is 25.1 Å². The maximum absolute atomic E-state index is 14.9. The van der Waals surface area contributed by atoms with Crippen molar-refractivity contribution in [2.75, 3.05) is 43.9 Å². The molecule has 1 aliphatic rings. The van der Waals surface area contributed by atoms with Gasteiger partial charge in [-0.05, 0) is 37.7 Å². The lowest BCUT2D eigenvalue weighted by Crippen LogP contribution is -2.44. The number of nitrogen functional groups attached to an aromatic ring is 1. The van der Waals surface area contributed by atoms with Crippen molar-refractivity contribution in [3.05, 3.63) is 70.9 Å². The van der Waals surface area contributed by atoms with Gasteiger partial charge in [-0.25, -0.2) is 24.9 Å². The first-order valence-electron chi connectivity index (χ1n) is 11.4. The van der Waals surface area contributed by atoms with E-state index in [0.717, 1.165) is 37.7 Å². The summed E-state index contributed by atoms with van der Waals surface area (Å²) in [6.07, 6.45) is 1.41. The smallest absolute Gasteiger partial charge is 0.193 e. The molecule has 0 atom stereocenters. The lowest BCUT2D eigenvalue weighted by Gasteiger charge is -2.33. The van der Waals surface area contributed by atoms with Crippen LogP contribution >= 0.6 is 0 Å². The number of anilines is 2. The van der Waals surface area contributed by atoms with Gasteiger partial charge in [-0.2, -0.15) is 10.4 Å². The summed E-state index contributed by atoms with van der Waals surface area (Å²) in [5.74, 6) is -0.180. The van der Waals surface area contributed by atoms with Crippen LogP contribution in [0.3, 0.4) is 0 Å². The van der Waals surface area contributed by atoms with Crippen LogP contribution in [0.2, 0.25) is 0 Å². The number of rotatable bonds is 7. The Morgan fingerprint density at radius 1 is 1.19 bits per heavy atom. The van der Waals surface area contributed by atoms with Crippen molar-refractivity contribution < 1.29 is 4.39 Å². The van der Waals surface area contributed by atoms with E-state index in [-0.39, 0.29) is 23.0 Å². The zero-order chi connectivity index (χ0) is 25.7. The number of aromatic nitrogens is 3. The van der Waals surface area contributed by atoms with Crippen molar-refractivity contribution >= 4 is 17.3 Å². The molecule has 1 saturated heterocycles. The molecule has 3 aromatic rings. The number of benzene rings is 1. The first-order valence-corrected chi connectivity index (χ1v) is 11.4. The summed E-state index contributed by atoms with van der Waals surface area (Å²) in [5.41, 5.74) is 15.6. The van der Waals surface area contributed by atoms with E-state index >= 15 is 0 Å². The van der Waals surface area contributed by atoms with E-state index in [1.165, 1.54) is 6.20 Å². The van der Waals surface area contributed by atoms with Crippen molar-refractivity contribution in [3.8, 4) is 17.5 Å². The third-order valence-corrected chi connectivity index (χ3v) is 6.08. The summed E-state index contributed by atoms with van der Waals surface area (Å²) >= 11 is 0. The normalized spacial score (nSPS) is 14.4. The Hall–Kier alpha value is -4.43. The second-order valence-electron chi connectivity index (χ2n) is 8.48. The van der Waals surface area contributed by atoms with Crippen LogP contribution < -0.4 is 16.0 Å². The number of nitrogens with zero attached hydrogens (tertiary/aromatic N) is 7. The number of piperazine rings is 1. The maximum atomic E-state index is 14.9. The summed E-state index contributed by atoms with van der Waals surface area (Å²) in [6.45, 7) is 5.89. The zero-order valence-corrected chi connectivity index (χ0v) is 20.2. The molecule has 4 N–H and O–H groups in total. The van der Waals surface area contributed by atoms with E-state index in [9.17, 15) is 9.65 Å². The van der Waals surface area contributed by atoms with Gasteiger partial charge >= 0.3 is 0 Å². The molecule has 3 heterocycles. The predicted molar refractivity (Wildman–Crippen MR) is 135 cm³/mol. The van der Waals surface area contributed by atoms with Crippen LogP contribution in [0.1, 0.15) is 22.5 Å². The third-order valence-electron chi connectivity index (χ3n) is 6.08. The molecule has 1 aliphatic heterocycles. The highest BCUT2D eigenvalue weighted by molar-refractivity contribution is 5.70. The molecular formula is C25H27FN10. The highest BCUT2D eigenvalue weighted by Gasteiger charge is 2.19. The second-order valence-corrected chi connectivity index (χ2v) is 8.48. The molecule has 0 radical (unpaired) electrons. The standard InChI is InChI=1S/C25H27FN10/c1-16-17(13-27)5-3-7-19(16)25-32-23(22(26)24(28)33-25)20(34-29)15-30-14-18-6-4-8-21(31-18)36-11-9-35(2)10-12-36/h3-8,15,29-30H,9-12,14H2,1-2H3,(H2,28,32,33)/b20-15-,34-29?. The van der Waals surface area contributed by atoms with Gasteiger partial charge in [0.05, 0.1) is 23.9 Å². The zero-order valence-electron chi connectivity index (χ0n) is 20.2. The molecule has 36 heavy (non-hydrogen) atoms. The molecule has 0 amide bonds. The molecule has 1 aromatic carbocycles. The van der Waals surface area contributed by atoms with E-state index in [4.69, 9.17) is 16.2 Å². The van der Waals surface area contributed by atoms with Gasteiger partial charge in [-0.15, -0.1) is 0 Å². The molecule has 0 aliphatic carbocycles.